The molecule has 0 N–H and O–H groups in total. The molecule has 2 aliphatic heterocycles. The molecule has 0 amide bonds. The third-order valence-corrected chi connectivity index (χ3v) is 5.97. The molecule has 4 rings (SSSR count). The molecule has 0 unspecified atom stereocenters. The summed E-state index contributed by atoms with van der Waals surface area (Å²) in [6, 6.07) is 6.08. The molecule has 4 nitrogen and oxygen atoms in total. The molecule has 2 aromatic rings. The van der Waals surface area contributed by atoms with Gasteiger partial charge in [-0.1, -0.05) is 6.07 Å². The van der Waals surface area contributed by atoms with Crippen LogP contribution in [0.3, 0.4) is 0 Å². The Morgan fingerprint density at radius 3 is 3.09 bits per heavy atom. The van der Waals surface area contributed by atoms with Crippen molar-refractivity contribution in [1.82, 2.24) is 9.88 Å². The van der Waals surface area contributed by atoms with Gasteiger partial charge in [0.05, 0.1) is 25.2 Å². The first-order valence-corrected chi connectivity index (χ1v) is 8.68. The molecular weight excluding hydrogens is 296 g/mol. The lowest BCUT2D eigenvalue weighted by molar-refractivity contribution is 0.0263. The van der Waals surface area contributed by atoms with Gasteiger partial charge in [-0.25, -0.2) is 0 Å². The molecule has 0 radical (unpaired) electrons. The maximum atomic E-state index is 6.07. The van der Waals surface area contributed by atoms with E-state index in [1.807, 2.05) is 24.6 Å². The van der Waals surface area contributed by atoms with Gasteiger partial charge in [0.2, 0.25) is 0 Å². The zero-order chi connectivity index (χ0) is 14.8. The van der Waals surface area contributed by atoms with Crippen molar-refractivity contribution >= 4 is 11.8 Å². The van der Waals surface area contributed by atoms with Crippen LogP contribution in [0.4, 0.5) is 0 Å². The average Bonchev–Trinajstić information content (AvgIpc) is 3.16. The van der Waals surface area contributed by atoms with Crippen LogP contribution >= 0.6 is 11.8 Å². The van der Waals surface area contributed by atoms with Gasteiger partial charge in [-0.05, 0) is 24.1 Å². The molecule has 2 aliphatic rings. The number of furan rings is 1. The summed E-state index contributed by atoms with van der Waals surface area (Å²) >= 11 is 2.09. The SMILES string of the molecule is c1cncc(CO[C@H]2CSC3(C2)CN(Cc2ccoc2)C3)c1. The van der Waals surface area contributed by atoms with E-state index in [9.17, 15) is 0 Å². The molecule has 0 bridgehead atoms. The Morgan fingerprint density at radius 1 is 1.36 bits per heavy atom. The van der Waals surface area contributed by atoms with Gasteiger partial charge in [-0.2, -0.15) is 0 Å². The van der Waals surface area contributed by atoms with Gasteiger partial charge in [0.25, 0.3) is 0 Å². The number of pyridine rings is 1. The van der Waals surface area contributed by atoms with E-state index >= 15 is 0 Å². The summed E-state index contributed by atoms with van der Waals surface area (Å²) < 4.78 is 11.6. The molecule has 116 valence electrons. The fourth-order valence-electron chi connectivity index (χ4n) is 3.35. The van der Waals surface area contributed by atoms with Gasteiger partial charge in [0.1, 0.15) is 0 Å². The molecule has 1 spiro atoms. The predicted molar refractivity (Wildman–Crippen MR) is 86.6 cm³/mol. The Morgan fingerprint density at radius 2 is 2.32 bits per heavy atom. The molecule has 4 heterocycles. The highest BCUT2D eigenvalue weighted by Gasteiger charge is 2.49. The van der Waals surface area contributed by atoms with Crippen molar-refractivity contribution in [3.63, 3.8) is 0 Å². The molecule has 0 aromatic carbocycles. The summed E-state index contributed by atoms with van der Waals surface area (Å²) in [6.07, 6.45) is 8.81. The van der Waals surface area contributed by atoms with Crippen molar-refractivity contribution in [3.8, 4) is 0 Å². The number of rotatable bonds is 5. The first-order chi connectivity index (χ1) is 10.8. The number of likely N-dealkylation sites (tertiary alicyclic amines) is 1. The van der Waals surface area contributed by atoms with Crippen LogP contribution in [0.1, 0.15) is 17.5 Å². The van der Waals surface area contributed by atoms with Crippen molar-refractivity contribution in [1.29, 1.82) is 0 Å². The fourth-order valence-corrected chi connectivity index (χ4v) is 4.95. The number of hydrogen-bond donors (Lipinski definition) is 0. The largest absolute Gasteiger partial charge is 0.472 e. The molecule has 0 aliphatic carbocycles. The zero-order valence-electron chi connectivity index (χ0n) is 12.5. The Balaban J connectivity index is 1.23. The van der Waals surface area contributed by atoms with Crippen LogP contribution < -0.4 is 0 Å². The average molecular weight is 316 g/mol. The van der Waals surface area contributed by atoms with Crippen molar-refractivity contribution in [2.24, 2.45) is 0 Å². The van der Waals surface area contributed by atoms with E-state index in [1.54, 1.807) is 12.5 Å². The lowest BCUT2D eigenvalue weighted by atomic mass is 9.92. The normalized spacial score (nSPS) is 23.7. The summed E-state index contributed by atoms with van der Waals surface area (Å²) in [4.78, 5) is 6.62. The van der Waals surface area contributed by atoms with E-state index in [1.165, 1.54) is 12.0 Å². The van der Waals surface area contributed by atoms with Crippen LogP contribution in [0.15, 0.2) is 47.5 Å². The molecule has 1 atom stereocenters. The van der Waals surface area contributed by atoms with Gasteiger partial charge >= 0.3 is 0 Å². The lowest BCUT2D eigenvalue weighted by Gasteiger charge is -2.47. The Bertz CT molecular complexity index is 596. The minimum atomic E-state index is 0.376. The second-order valence-corrected chi connectivity index (χ2v) is 7.76. The maximum Gasteiger partial charge on any atom is 0.0947 e. The standard InChI is InChI=1S/C17H20N2O2S/c1-2-14(7-18-4-1)10-21-16-6-17(22-11-16)12-19(13-17)8-15-3-5-20-9-15/h1-5,7,9,16H,6,8,10-13H2/t16-/m1/s1. The third-order valence-electron chi connectivity index (χ3n) is 4.39. The van der Waals surface area contributed by atoms with Crippen molar-refractivity contribution in [2.45, 2.75) is 30.4 Å². The van der Waals surface area contributed by atoms with E-state index in [0.29, 0.717) is 17.5 Å². The Labute approximate surface area is 134 Å². The minimum absolute atomic E-state index is 0.376. The van der Waals surface area contributed by atoms with Crippen LogP contribution in [-0.4, -0.2) is 39.6 Å². The lowest BCUT2D eigenvalue weighted by Crippen LogP contribution is -2.58. The van der Waals surface area contributed by atoms with Crippen LogP contribution in [0, 0.1) is 0 Å². The molecule has 2 aromatic heterocycles. The van der Waals surface area contributed by atoms with Crippen LogP contribution in [0.5, 0.6) is 0 Å². The number of nitrogens with zero attached hydrogens (tertiary/aromatic N) is 2. The maximum absolute atomic E-state index is 6.07. The molecule has 22 heavy (non-hydrogen) atoms. The second-order valence-electron chi connectivity index (χ2n) is 6.27. The van der Waals surface area contributed by atoms with Crippen molar-refractivity contribution in [3.05, 3.63) is 54.2 Å². The summed E-state index contributed by atoms with van der Waals surface area (Å²) in [5.74, 6) is 1.11. The molecule has 5 heteroatoms. The van der Waals surface area contributed by atoms with E-state index in [2.05, 4.69) is 27.7 Å². The summed E-state index contributed by atoms with van der Waals surface area (Å²) in [7, 11) is 0. The predicted octanol–water partition coefficient (Wildman–Crippen LogP) is 2.95. The number of hydrogen-bond acceptors (Lipinski definition) is 5. The number of aromatic nitrogens is 1. The molecule has 2 saturated heterocycles. The first kappa shape index (κ1) is 14.3. The Hall–Kier alpha value is -1.30. The van der Waals surface area contributed by atoms with Crippen LogP contribution in [-0.2, 0) is 17.9 Å². The van der Waals surface area contributed by atoms with Crippen LogP contribution in [0.2, 0.25) is 0 Å². The van der Waals surface area contributed by atoms with E-state index in [4.69, 9.17) is 9.15 Å². The van der Waals surface area contributed by atoms with E-state index < -0.39 is 0 Å². The summed E-state index contributed by atoms with van der Waals surface area (Å²) in [5, 5.41) is 0. The molecule has 0 saturated carbocycles. The minimum Gasteiger partial charge on any atom is -0.472 e. The smallest absolute Gasteiger partial charge is 0.0947 e. The molecule has 2 fully saturated rings. The topological polar surface area (TPSA) is 38.5 Å². The van der Waals surface area contributed by atoms with E-state index in [0.717, 1.165) is 31.0 Å². The van der Waals surface area contributed by atoms with Gasteiger partial charge in [-0.15, -0.1) is 11.8 Å². The Kier molecular flexibility index (Phi) is 3.94. The third kappa shape index (κ3) is 3.07. The summed E-state index contributed by atoms with van der Waals surface area (Å²) in [5.41, 5.74) is 2.42. The van der Waals surface area contributed by atoms with Crippen molar-refractivity contribution in [2.75, 3.05) is 18.8 Å². The monoisotopic (exact) mass is 316 g/mol. The fraction of sp³-hybridized carbons (Fsp3) is 0.471. The summed E-state index contributed by atoms with van der Waals surface area (Å²) in [6.45, 7) is 4.00. The molecular formula is C17H20N2O2S. The number of thioether (sulfide) groups is 1. The highest BCUT2D eigenvalue weighted by Crippen LogP contribution is 2.46. The zero-order valence-corrected chi connectivity index (χ0v) is 13.3. The van der Waals surface area contributed by atoms with Gasteiger partial charge in [-0.3, -0.25) is 9.88 Å². The van der Waals surface area contributed by atoms with Crippen molar-refractivity contribution < 1.29 is 9.15 Å². The van der Waals surface area contributed by atoms with E-state index in [-0.39, 0.29) is 0 Å². The highest BCUT2D eigenvalue weighted by atomic mass is 32.2. The van der Waals surface area contributed by atoms with Gasteiger partial charge in [0, 0.05) is 48.1 Å². The number of ether oxygens (including phenoxy) is 1. The van der Waals surface area contributed by atoms with Gasteiger partial charge < -0.3 is 9.15 Å². The first-order valence-electron chi connectivity index (χ1n) is 7.69. The van der Waals surface area contributed by atoms with Gasteiger partial charge in [0.15, 0.2) is 0 Å². The quantitative estimate of drug-likeness (QED) is 0.848. The second kappa shape index (κ2) is 6.07. The highest BCUT2D eigenvalue weighted by molar-refractivity contribution is 8.01. The van der Waals surface area contributed by atoms with Crippen LogP contribution in [0.25, 0.3) is 0 Å².